The smallest absolute Gasteiger partial charge is 0.227 e. The van der Waals surface area contributed by atoms with Crippen LogP contribution in [0, 0.1) is 11.7 Å². The number of anilines is 1. The van der Waals surface area contributed by atoms with Gasteiger partial charge in [-0.05, 0) is 12.1 Å². The molecule has 3 nitrogen and oxygen atoms in total. The van der Waals surface area contributed by atoms with E-state index in [9.17, 15) is 9.18 Å². The fourth-order valence-corrected chi connectivity index (χ4v) is 1.81. The summed E-state index contributed by atoms with van der Waals surface area (Å²) in [5, 5.41) is 8.95. The quantitative estimate of drug-likeness (QED) is 0.794. The van der Waals surface area contributed by atoms with Gasteiger partial charge in [0.2, 0.25) is 5.91 Å². The average Bonchev–Trinajstić information content (AvgIpc) is 2.60. The first-order valence-corrected chi connectivity index (χ1v) is 4.88. The molecule has 1 amide bonds. The molecule has 1 aliphatic rings. The maximum atomic E-state index is 13.4. The number of benzene rings is 1. The predicted octanol–water partition coefficient (Wildman–Crippen LogP) is 1.17. The van der Waals surface area contributed by atoms with Crippen molar-refractivity contribution in [1.82, 2.24) is 0 Å². The molecule has 0 bridgehead atoms. The number of hydrogen-bond acceptors (Lipinski definition) is 2. The van der Waals surface area contributed by atoms with Crippen molar-refractivity contribution in [2.45, 2.75) is 6.42 Å². The van der Waals surface area contributed by atoms with Gasteiger partial charge in [-0.3, -0.25) is 4.79 Å². The van der Waals surface area contributed by atoms with Crippen molar-refractivity contribution in [3.05, 3.63) is 30.1 Å². The third-order valence-corrected chi connectivity index (χ3v) is 2.61. The van der Waals surface area contributed by atoms with Gasteiger partial charge in [0.1, 0.15) is 5.82 Å². The molecule has 0 spiro atoms. The van der Waals surface area contributed by atoms with E-state index in [-0.39, 0.29) is 18.4 Å². The highest BCUT2D eigenvalue weighted by Crippen LogP contribution is 2.26. The summed E-state index contributed by atoms with van der Waals surface area (Å²) >= 11 is 0. The summed E-state index contributed by atoms with van der Waals surface area (Å²) in [6.45, 7) is 0.368. The highest BCUT2D eigenvalue weighted by molar-refractivity contribution is 5.95. The topological polar surface area (TPSA) is 40.5 Å². The van der Waals surface area contributed by atoms with Crippen LogP contribution >= 0.6 is 0 Å². The van der Waals surface area contributed by atoms with Crippen LogP contribution in [0.25, 0.3) is 0 Å². The molecule has 1 fully saturated rings. The largest absolute Gasteiger partial charge is 0.396 e. The van der Waals surface area contributed by atoms with E-state index in [0.29, 0.717) is 18.7 Å². The molecule has 0 radical (unpaired) electrons. The highest BCUT2D eigenvalue weighted by Gasteiger charge is 2.31. The molecule has 1 unspecified atom stereocenters. The van der Waals surface area contributed by atoms with Gasteiger partial charge in [-0.2, -0.15) is 0 Å². The van der Waals surface area contributed by atoms with Gasteiger partial charge >= 0.3 is 0 Å². The maximum Gasteiger partial charge on any atom is 0.227 e. The third kappa shape index (κ3) is 1.85. The van der Waals surface area contributed by atoms with E-state index in [4.69, 9.17) is 5.11 Å². The summed E-state index contributed by atoms with van der Waals surface area (Å²) in [5.74, 6) is -0.597. The number of para-hydroxylation sites is 1. The standard InChI is InChI=1S/C11H12FNO2/c12-9-3-1-2-4-10(9)13-6-8(7-14)5-11(13)15/h1-4,8,14H,5-7H2. The van der Waals surface area contributed by atoms with Crippen molar-refractivity contribution < 1.29 is 14.3 Å². The molecule has 1 saturated heterocycles. The Morgan fingerprint density at radius 2 is 2.20 bits per heavy atom. The van der Waals surface area contributed by atoms with Crippen LogP contribution in [0.15, 0.2) is 24.3 Å². The Hall–Kier alpha value is -1.42. The van der Waals surface area contributed by atoms with Crippen molar-refractivity contribution in [2.75, 3.05) is 18.1 Å². The van der Waals surface area contributed by atoms with Gasteiger partial charge in [-0.15, -0.1) is 0 Å². The van der Waals surface area contributed by atoms with Crippen LogP contribution in [0.1, 0.15) is 6.42 Å². The molecule has 1 aromatic rings. The van der Waals surface area contributed by atoms with Crippen molar-refractivity contribution in [3.8, 4) is 0 Å². The number of rotatable bonds is 2. The second-order valence-corrected chi connectivity index (χ2v) is 3.71. The molecule has 4 heteroatoms. The van der Waals surface area contributed by atoms with E-state index in [1.54, 1.807) is 18.2 Å². The van der Waals surface area contributed by atoms with Gasteiger partial charge in [-0.25, -0.2) is 4.39 Å². The second-order valence-electron chi connectivity index (χ2n) is 3.71. The first-order valence-electron chi connectivity index (χ1n) is 4.88. The molecule has 1 heterocycles. The normalized spacial score (nSPS) is 21.1. The Bertz CT molecular complexity index is 381. The summed E-state index contributed by atoms with van der Waals surface area (Å²) in [5.41, 5.74) is 0.304. The minimum absolute atomic E-state index is 0.0311. The van der Waals surface area contributed by atoms with E-state index in [0.717, 1.165) is 0 Å². The third-order valence-electron chi connectivity index (χ3n) is 2.61. The Morgan fingerprint density at radius 3 is 2.80 bits per heavy atom. The average molecular weight is 209 g/mol. The molecule has 1 aliphatic heterocycles. The van der Waals surface area contributed by atoms with Gasteiger partial charge in [-0.1, -0.05) is 12.1 Å². The monoisotopic (exact) mass is 209 g/mol. The zero-order valence-electron chi connectivity index (χ0n) is 8.19. The first kappa shape index (κ1) is 10.1. The van der Waals surface area contributed by atoms with E-state index in [1.807, 2.05) is 0 Å². The highest BCUT2D eigenvalue weighted by atomic mass is 19.1. The number of carbonyl (C=O) groups excluding carboxylic acids is 1. The Morgan fingerprint density at radius 1 is 1.47 bits per heavy atom. The minimum Gasteiger partial charge on any atom is -0.396 e. The lowest BCUT2D eigenvalue weighted by molar-refractivity contribution is -0.117. The van der Waals surface area contributed by atoms with Gasteiger partial charge in [0.25, 0.3) is 0 Å². The van der Waals surface area contributed by atoms with Crippen LogP contribution in [0.2, 0.25) is 0 Å². The lowest BCUT2D eigenvalue weighted by Gasteiger charge is -2.16. The lowest BCUT2D eigenvalue weighted by Crippen LogP contribution is -2.25. The number of halogens is 1. The van der Waals surface area contributed by atoms with Gasteiger partial charge in [0.05, 0.1) is 5.69 Å². The SMILES string of the molecule is O=C1CC(CO)CN1c1ccccc1F. The molecule has 1 N–H and O–H groups in total. The number of nitrogens with zero attached hydrogens (tertiary/aromatic N) is 1. The summed E-state index contributed by atoms with van der Waals surface area (Å²) < 4.78 is 13.4. The number of aliphatic hydroxyl groups excluding tert-OH is 1. The van der Waals surface area contributed by atoms with Crippen molar-refractivity contribution in [1.29, 1.82) is 0 Å². The van der Waals surface area contributed by atoms with Gasteiger partial charge < -0.3 is 10.0 Å². The fraction of sp³-hybridized carbons (Fsp3) is 0.364. The Balaban J connectivity index is 2.25. The molecule has 1 aromatic carbocycles. The molecular formula is C11H12FNO2. The number of hydrogen-bond donors (Lipinski definition) is 1. The molecule has 15 heavy (non-hydrogen) atoms. The van der Waals surface area contributed by atoms with Crippen LogP contribution in [-0.4, -0.2) is 24.2 Å². The predicted molar refractivity (Wildman–Crippen MR) is 53.9 cm³/mol. The molecule has 2 rings (SSSR count). The molecule has 80 valence electrons. The lowest BCUT2D eigenvalue weighted by atomic mass is 10.1. The van der Waals surface area contributed by atoms with Crippen LogP contribution < -0.4 is 4.90 Å². The Kier molecular flexibility index (Phi) is 2.68. The number of carbonyl (C=O) groups is 1. The van der Waals surface area contributed by atoms with Crippen LogP contribution in [-0.2, 0) is 4.79 Å². The summed E-state index contributed by atoms with van der Waals surface area (Å²) in [6.07, 6.45) is 0.296. The van der Waals surface area contributed by atoms with Gasteiger partial charge in [0, 0.05) is 25.5 Å². The summed E-state index contributed by atoms with van der Waals surface area (Å²) in [7, 11) is 0. The minimum atomic E-state index is -0.399. The molecule has 0 aromatic heterocycles. The van der Waals surface area contributed by atoms with Gasteiger partial charge in [0.15, 0.2) is 0 Å². The first-order chi connectivity index (χ1) is 7.22. The molecule has 1 atom stereocenters. The van der Waals surface area contributed by atoms with E-state index in [1.165, 1.54) is 11.0 Å². The van der Waals surface area contributed by atoms with E-state index < -0.39 is 5.82 Å². The summed E-state index contributed by atoms with van der Waals surface area (Å²) in [6, 6.07) is 6.18. The zero-order chi connectivity index (χ0) is 10.8. The molecular weight excluding hydrogens is 197 g/mol. The Labute approximate surface area is 87.1 Å². The molecule has 0 saturated carbocycles. The van der Waals surface area contributed by atoms with Crippen molar-refractivity contribution in [2.24, 2.45) is 5.92 Å². The molecule has 0 aliphatic carbocycles. The van der Waals surface area contributed by atoms with Crippen molar-refractivity contribution >= 4 is 11.6 Å². The maximum absolute atomic E-state index is 13.4. The van der Waals surface area contributed by atoms with Crippen LogP contribution in [0.5, 0.6) is 0 Å². The summed E-state index contributed by atoms with van der Waals surface area (Å²) in [4.78, 5) is 12.9. The van der Waals surface area contributed by atoms with E-state index >= 15 is 0 Å². The van der Waals surface area contributed by atoms with Crippen LogP contribution in [0.3, 0.4) is 0 Å². The number of amides is 1. The van der Waals surface area contributed by atoms with Crippen molar-refractivity contribution in [3.63, 3.8) is 0 Å². The second kappa shape index (κ2) is 3.98. The fourth-order valence-electron chi connectivity index (χ4n) is 1.81. The van der Waals surface area contributed by atoms with Crippen LogP contribution in [0.4, 0.5) is 10.1 Å². The zero-order valence-corrected chi connectivity index (χ0v) is 8.19. The van der Waals surface area contributed by atoms with E-state index in [2.05, 4.69) is 0 Å². The number of aliphatic hydroxyl groups is 1.